The molecule has 1 aromatic carbocycles. The maximum Gasteiger partial charge on any atom is 0.419 e. The number of benzene rings is 1. The van der Waals surface area contributed by atoms with Gasteiger partial charge in [-0.2, -0.15) is 0 Å². The van der Waals surface area contributed by atoms with E-state index in [2.05, 4.69) is 0 Å². The number of hydrogen-bond donors (Lipinski definition) is 1. The number of aliphatic carboxylic acids is 1. The Balaban J connectivity index is 2.52. The highest BCUT2D eigenvalue weighted by atomic mass is 32.2. The fourth-order valence-corrected chi connectivity index (χ4v) is 3.23. The highest BCUT2D eigenvalue weighted by molar-refractivity contribution is 7.92. The number of carbonyl (C=O) groups is 1. The maximum absolute atomic E-state index is 12.2. The molecule has 0 spiro atoms. The maximum atomic E-state index is 12.2. The van der Waals surface area contributed by atoms with Gasteiger partial charge in [0.25, 0.3) is 0 Å². The summed E-state index contributed by atoms with van der Waals surface area (Å²) in [7, 11) is -2.27. The third-order valence-electron chi connectivity index (χ3n) is 3.08. The van der Waals surface area contributed by atoms with Crippen LogP contribution in [-0.2, 0) is 21.7 Å². The van der Waals surface area contributed by atoms with Crippen LogP contribution in [0.2, 0.25) is 0 Å². The minimum Gasteiger partial charge on any atom is -0.481 e. The van der Waals surface area contributed by atoms with Crippen molar-refractivity contribution in [2.75, 3.05) is 0 Å². The van der Waals surface area contributed by atoms with Crippen molar-refractivity contribution in [2.24, 2.45) is 7.05 Å². The first-order chi connectivity index (χ1) is 9.23. The summed E-state index contributed by atoms with van der Waals surface area (Å²) in [6.07, 6.45) is -0.487. The van der Waals surface area contributed by atoms with Crippen LogP contribution in [0.4, 0.5) is 0 Å². The van der Waals surface area contributed by atoms with Gasteiger partial charge in [-0.1, -0.05) is 0 Å². The number of oxazole rings is 1. The lowest BCUT2D eigenvalue weighted by atomic mass is 10.3. The van der Waals surface area contributed by atoms with E-state index in [0.717, 1.165) is 0 Å². The molecule has 0 bridgehead atoms. The van der Waals surface area contributed by atoms with Gasteiger partial charge in [0.05, 0.1) is 22.1 Å². The minimum absolute atomic E-state index is 0.0619. The molecule has 0 amide bonds. The minimum atomic E-state index is -3.78. The summed E-state index contributed by atoms with van der Waals surface area (Å²) in [5.41, 5.74) is 0.626. The summed E-state index contributed by atoms with van der Waals surface area (Å²) in [6.45, 7) is 1.33. The molecule has 1 aromatic heterocycles. The average Bonchev–Trinajstić information content (AvgIpc) is 2.63. The fraction of sp³-hybridized carbons (Fsp3) is 0.333. The van der Waals surface area contributed by atoms with E-state index in [1.165, 1.54) is 36.7 Å². The zero-order valence-electron chi connectivity index (χ0n) is 10.9. The third kappa shape index (κ3) is 2.34. The molecule has 0 aliphatic rings. The van der Waals surface area contributed by atoms with Gasteiger partial charge in [-0.15, -0.1) is 0 Å². The number of carboxylic acids is 1. The molecule has 8 heteroatoms. The van der Waals surface area contributed by atoms with Gasteiger partial charge in [0, 0.05) is 13.1 Å². The van der Waals surface area contributed by atoms with Crippen molar-refractivity contribution in [2.45, 2.75) is 23.5 Å². The lowest BCUT2D eigenvalue weighted by molar-refractivity contribution is -0.136. The Morgan fingerprint density at radius 3 is 2.70 bits per heavy atom. The Morgan fingerprint density at radius 1 is 1.45 bits per heavy atom. The molecule has 1 atom stereocenters. The van der Waals surface area contributed by atoms with Crippen LogP contribution in [0.5, 0.6) is 0 Å². The highest BCUT2D eigenvalue weighted by Gasteiger charge is 2.26. The van der Waals surface area contributed by atoms with E-state index in [1.54, 1.807) is 0 Å². The second-order valence-electron chi connectivity index (χ2n) is 4.51. The molecular formula is C12H13NO6S. The second kappa shape index (κ2) is 4.78. The smallest absolute Gasteiger partial charge is 0.419 e. The number of rotatable bonds is 4. The van der Waals surface area contributed by atoms with E-state index in [-0.39, 0.29) is 10.5 Å². The highest BCUT2D eigenvalue weighted by Crippen LogP contribution is 2.22. The van der Waals surface area contributed by atoms with Gasteiger partial charge in [0.15, 0.2) is 15.4 Å². The number of sulfone groups is 1. The number of carboxylic acid groups (broad SMARTS) is 1. The Kier molecular flexibility index (Phi) is 3.43. The van der Waals surface area contributed by atoms with Crippen molar-refractivity contribution >= 4 is 26.9 Å². The lowest BCUT2D eigenvalue weighted by Crippen LogP contribution is -2.21. The molecule has 0 aliphatic carbocycles. The number of aryl methyl sites for hydroxylation is 1. The quantitative estimate of drug-likeness (QED) is 0.893. The number of hydrogen-bond acceptors (Lipinski definition) is 5. The van der Waals surface area contributed by atoms with Crippen LogP contribution in [0.1, 0.15) is 13.3 Å². The van der Waals surface area contributed by atoms with Gasteiger partial charge in [0.2, 0.25) is 0 Å². The summed E-state index contributed by atoms with van der Waals surface area (Å²) in [5, 5.41) is 7.62. The standard InChI is InChI=1S/C12H13NO6S/c1-7(5-11(14)15)20(17,18)8-3-4-9-10(6-8)19-12(16)13(9)2/h3-4,6-7H,5H2,1-2H3,(H,14,15). The van der Waals surface area contributed by atoms with Crippen molar-refractivity contribution in [1.82, 2.24) is 4.57 Å². The molecule has 108 valence electrons. The van der Waals surface area contributed by atoms with Crippen molar-refractivity contribution in [3.8, 4) is 0 Å². The monoisotopic (exact) mass is 299 g/mol. The molecule has 0 fully saturated rings. The molecule has 0 saturated heterocycles. The fourth-order valence-electron chi connectivity index (χ4n) is 1.88. The normalized spacial score (nSPS) is 13.5. The van der Waals surface area contributed by atoms with Crippen LogP contribution >= 0.6 is 0 Å². The lowest BCUT2D eigenvalue weighted by Gasteiger charge is -2.10. The van der Waals surface area contributed by atoms with Crippen molar-refractivity contribution < 1.29 is 22.7 Å². The topological polar surface area (TPSA) is 107 Å². The Labute approximate surface area is 114 Å². The number of fused-ring (bicyclic) bond motifs is 1. The molecule has 2 rings (SSSR count). The molecule has 1 unspecified atom stereocenters. The summed E-state index contributed by atoms with van der Waals surface area (Å²) >= 11 is 0. The first-order valence-electron chi connectivity index (χ1n) is 5.78. The predicted octanol–water partition coefficient (Wildman–Crippen LogP) is 0.768. The number of nitrogens with zero attached hydrogens (tertiary/aromatic N) is 1. The molecule has 7 nitrogen and oxygen atoms in total. The van der Waals surface area contributed by atoms with Crippen LogP contribution in [0, 0.1) is 0 Å². The van der Waals surface area contributed by atoms with Gasteiger partial charge in [-0.05, 0) is 19.1 Å². The molecule has 0 aliphatic heterocycles. The van der Waals surface area contributed by atoms with Gasteiger partial charge in [0.1, 0.15) is 0 Å². The van der Waals surface area contributed by atoms with E-state index in [9.17, 15) is 18.0 Å². The molecule has 0 saturated carbocycles. The Hall–Kier alpha value is -2.09. The van der Waals surface area contributed by atoms with Crippen LogP contribution in [0.3, 0.4) is 0 Å². The van der Waals surface area contributed by atoms with E-state index in [4.69, 9.17) is 9.52 Å². The molecule has 2 aromatic rings. The first-order valence-corrected chi connectivity index (χ1v) is 7.33. The van der Waals surface area contributed by atoms with E-state index in [1.807, 2.05) is 0 Å². The van der Waals surface area contributed by atoms with Crippen LogP contribution in [-0.4, -0.2) is 29.3 Å². The molecular weight excluding hydrogens is 286 g/mol. The SMILES string of the molecule is CC(CC(=O)O)S(=O)(=O)c1ccc2c(c1)oc(=O)n2C. The van der Waals surface area contributed by atoms with Crippen LogP contribution in [0.25, 0.3) is 11.1 Å². The van der Waals surface area contributed by atoms with Crippen molar-refractivity contribution in [3.05, 3.63) is 28.7 Å². The zero-order chi connectivity index (χ0) is 15.1. The molecule has 20 heavy (non-hydrogen) atoms. The number of aromatic nitrogens is 1. The van der Waals surface area contributed by atoms with Gasteiger partial charge < -0.3 is 9.52 Å². The molecule has 1 heterocycles. The Morgan fingerprint density at radius 2 is 2.10 bits per heavy atom. The van der Waals surface area contributed by atoms with Crippen LogP contribution in [0.15, 0.2) is 32.3 Å². The van der Waals surface area contributed by atoms with Crippen molar-refractivity contribution in [1.29, 1.82) is 0 Å². The van der Waals surface area contributed by atoms with E-state index >= 15 is 0 Å². The predicted molar refractivity (Wildman–Crippen MR) is 70.4 cm³/mol. The zero-order valence-corrected chi connectivity index (χ0v) is 11.7. The summed E-state index contributed by atoms with van der Waals surface area (Å²) < 4.78 is 30.6. The van der Waals surface area contributed by atoms with E-state index in [0.29, 0.717) is 5.52 Å². The van der Waals surface area contributed by atoms with Crippen LogP contribution < -0.4 is 5.76 Å². The average molecular weight is 299 g/mol. The Bertz CT molecular complexity index is 829. The largest absolute Gasteiger partial charge is 0.481 e. The van der Waals surface area contributed by atoms with Gasteiger partial charge >= 0.3 is 11.7 Å². The third-order valence-corrected chi connectivity index (χ3v) is 5.22. The summed E-state index contributed by atoms with van der Waals surface area (Å²) in [5.74, 6) is -1.78. The second-order valence-corrected chi connectivity index (χ2v) is 6.88. The van der Waals surface area contributed by atoms with Gasteiger partial charge in [-0.25, -0.2) is 13.2 Å². The van der Waals surface area contributed by atoms with Gasteiger partial charge in [-0.3, -0.25) is 9.36 Å². The first kappa shape index (κ1) is 14.3. The summed E-state index contributed by atoms with van der Waals surface area (Å²) in [6, 6.07) is 4.04. The summed E-state index contributed by atoms with van der Waals surface area (Å²) in [4.78, 5) is 21.9. The molecule has 0 radical (unpaired) electrons. The van der Waals surface area contributed by atoms with E-state index < -0.39 is 33.2 Å². The molecule has 1 N–H and O–H groups in total. The van der Waals surface area contributed by atoms with Crippen molar-refractivity contribution in [3.63, 3.8) is 0 Å².